The molecule has 0 aromatic heterocycles. The van der Waals surface area contributed by atoms with E-state index in [1.807, 2.05) is 0 Å². The Hall–Kier alpha value is -1.85. The zero-order valence-corrected chi connectivity index (χ0v) is 27.2. The molecule has 2 saturated carbocycles. The van der Waals surface area contributed by atoms with Crippen molar-refractivity contribution in [3.05, 3.63) is 11.1 Å². The minimum Gasteiger partial charge on any atom is -0.458 e. The molecule has 1 atom stereocenters. The summed E-state index contributed by atoms with van der Waals surface area (Å²) in [5, 5.41) is 0. The van der Waals surface area contributed by atoms with Crippen LogP contribution in [0.15, 0.2) is 11.1 Å². The molecule has 6 nitrogen and oxygen atoms in total. The molecule has 3 rings (SSSR count). The zero-order valence-electron chi connectivity index (χ0n) is 27.2. The van der Waals surface area contributed by atoms with E-state index in [9.17, 15) is 14.4 Å². The van der Waals surface area contributed by atoms with Gasteiger partial charge in [-0.1, -0.05) is 83.5 Å². The molecule has 2 fully saturated rings. The quantitative estimate of drug-likeness (QED) is 0.181. The van der Waals surface area contributed by atoms with Gasteiger partial charge in [-0.3, -0.25) is 14.4 Å². The summed E-state index contributed by atoms with van der Waals surface area (Å²) in [5.74, 6) is -0.850. The fourth-order valence-electron chi connectivity index (χ4n) is 8.10. The van der Waals surface area contributed by atoms with E-state index in [1.165, 1.54) is 59.3 Å². The fourth-order valence-corrected chi connectivity index (χ4v) is 8.10. The van der Waals surface area contributed by atoms with Crippen molar-refractivity contribution in [1.82, 2.24) is 0 Å². The Labute approximate surface area is 256 Å². The second-order valence-corrected chi connectivity index (χ2v) is 13.4. The van der Waals surface area contributed by atoms with E-state index < -0.39 is 17.3 Å². The van der Waals surface area contributed by atoms with E-state index in [2.05, 4.69) is 0 Å². The largest absolute Gasteiger partial charge is 0.458 e. The topological polar surface area (TPSA) is 78.9 Å². The first-order valence-corrected chi connectivity index (χ1v) is 17.6. The number of hydrogen-bond acceptors (Lipinski definition) is 6. The third-order valence-corrected chi connectivity index (χ3v) is 9.89. The van der Waals surface area contributed by atoms with Gasteiger partial charge in [0.1, 0.15) is 17.3 Å². The maximum absolute atomic E-state index is 13.0. The van der Waals surface area contributed by atoms with Crippen LogP contribution in [0.3, 0.4) is 0 Å². The second kappa shape index (κ2) is 18.1. The van der Waals surface area contributed by atoms with E-state index in [-0.39, 0.29) is 17.9 Å². The minimum atomic E-state index is -0.861. The van der Waals surface area contributed by atoms with E-state index in [0.29, 0.717) is 6.42 Å². The van der Waals surface area contributed by atoms with Crippen LogP contribution >= 0.6 is 0 Å². The van der Waals surface area contributed by atoms with Crippen LogP contribution in [-0.4, -0.2) is 35.2 Å². The molecule has 0 unspecified atom stereocenters. The summed E-state index contributed by atoms with van der Waals surface area (Å²) in [7, 11) is 0. The first-order valence-electron chi connectivity index (χ1n) is 17.6. The summed E-state index contributed by atoms with van der Waals surface area (Å²) in [6.07, 6.45) is 24.9. The predicted molar refractivity (Wildman–Crippen MR) is 167 cm³/mol. The minimum absolute atomic E-state index is 0.257. The molecule has 0 aliphatic heterocycles. The van der Waals surface area contributed by atoms with Crippen molar-refractivity contribution < 1.29 is 28.6 Å². The number of carbonyl (C=O) groups excluding carboxylic acids is 3. The molecule has 3 aliphatic rings. The fraction of sp³-hybridized carbons (Fsp3) is 0.861. The van der Waals surface area contributed by atoms with E-state index in [0.717, 1.165) is 127 Å². The Bertz CT molecular complexity index is 869. The zero-order chi connectivity index (χ0) is 30.3. The number of ether oxygens (including phenoxy) is 3. The van der Waals surface area contributed by atoms with E-state index in [4.69, 9.17) is 14.2 Å². The molecule has 0 amide bonds. The summed E-state index contributed by atoms with van der Waals surface area (Å²) in [5.41, 5.74) is 0.470. The molecule has 0 N–H and O–H groups in total. The predicted octanol–water partition coefficient (Wildman–Crippen LogP) is 9.61. The Morgan fingerprint density at radius 2 is 0.881 bits per heavy atom. The van der Waals surface area contributed by atoms with Gasteiger partial charge in [0.25, 0.3) is 0 Å². The van der Waals surface area contributed by atoms with Crippen LogP contribution in [0, 0.1) is 0 Å². The van der Waals surface area contributed by atoms with Crippen molar-refractivity contribution in [2.24, 2.45) is 0 Å². The van der Waals surface area contributed by atoms with Crippen molar-refractivity contribution in [2.75, 3.05) is 0 Å². The van der Waals surface area contributed by atoms with Crippen molar-refractivity contribution in [1.29, 1.82) is 0 Å². The van der Waals surface area contributed by atoms with Gasteiger partial charge in [0.05, 0.1) is 0 Å². The average Bonchev–Trinajstić information content (AvgIpc) is 2.93. The molecular formula is C36H60O6. The van der Waals surface area contributed by atoms with Crippen LogP contribution in [0.1, 0.15) is 181 Å². The summed E-state index contributed by atoms with van der Waals surface area (Å²) >= 11 is 0. The van der Waals surface area contributed by atoms with E-state index >= 15 is 0 Å². The smallest absolute Gasteiger partial charge is 0.303 e. The lowest BCUT2D eigenvalue weighted by molar-refractivity contribution is -0.162. The molecule has 3 aliphatic carbocycles. The third-order valence-electron chi connectivity index (χ3n) is 9.89. The molecule has 0 bridgehead atoms. The van der Waals surface area contributed by atoms with Gasteiger partial charge < -0.3 is 14.2 Å². The number of hydrogen-bond donors (Lipinski definition) is 0. The highest BCUT2D eigenvalue weighted by molar-refractivity contribution is 5.69. The SMILES string of the molecule is CC(=O)O[C@@H]1CCCCCCCC(C2(OC(C)=O)CCCCCCCCC2)=C1C1(OC(C)=O)CCCCCCCCC1. The van der Waals surface area contributed by atoms with Crippen LogP contribution in [-0.2, 0) is 28.6 Å². The molecule has 0 saturated heterocycles. The molecule has 0 radical (unpaired) electrons. The van der Waals surface area contributed by atoms with Crippen molar-refractivity contribution in [2.45, 2.75) is 199 Å². The van der Waals surface area contributed by atoms with Crippen molar-refractivity contribution in [3.63, 3.8) is 0 Å². The molecule has 0 aromatic rings. The lowest BCUT2D eigenvalue weighted by Crippen LogP contribution is -2.48. The molecule has 0 aromatic carbocycles. The second-order valence-electron chi connectivity index (χ2n) is 13.4. The summed E-state index contributed by atoms with van der Waals surface area (Å²) in [6.45, 7) is 4.55. The molecule has 240 valence electrons. The Morgan fingerprint density at radius 3 is 1.33 bits per heavy atom. The molecule has 42 heavy (non-hydrogen) atoms. The Balaban J connectivity index is 2.35. The van der Waals surface area contributed by atoms with E-state index in [1.54, 1.807) is 0 Å². The first-order chi connectivity index (χ1) is 20.3. The lowest BCUT2D eigenvalue weighted by atomic mass is 9.69. The Morgan fingerprint density at radius 1 is 0.500 bits per heavy atom. The van der Waals surface area contributed by atoms with Gasteiger partial charge in [0.15, 0.2) is 0 Å². The first kappa shape index (κ1) is 34.6. The van der Waals surface area contributed by atoms with Crippen molar-refractivity contribution in [3.8, 4) is 0 Å². The van der Waals surface area contributed by atoms with Crippen LogP contribution in [0.25, 0.3) is 0 Å². The van der Waals surface area contributed by atoms with Crippen LogP contribution in [0.2, 0.25) is 0 Å². The highest BCUT2D eigenvalue weighted by Gasteiger charge is 2.49. The maximum atomic E-state index is 13.0. The number of carbonyl (C=O) groups is 3. The third kappa shape index (κ3) is 10.7. The number of esters is 3. The molecular weight excluding hydrogens is 528 g/mol. The summed E-state index contributed by atoms with van der Waals surface area (Å²) in [4.78, 5) is 38.7. The highest BCUT2D eigenvalue weighted by atomic mass is 16.6. The van der Waals surface area contributed by atoms with Gasteiger partial charge >= 0.3 is 17.9 Å². The average molecular weight is 589 g/mol. The van der Waals surface area contributed by atoms with Gasteiger partial charge in [0.2, 0.25) is 0 Å². The van der Waals surface area contributed by atoms with Crippen molar-refractivity contribution >= 4 is 17.9 Å². The maximum Gasteiger partial charge on any atom is 0.303 e. The van der Waals surface area contributed by atoms with Gasteiger partial charge in [0, 0.05) is 26.3 Å². The standard InChI is InChI=1S/C36H60O6/c1-29(37)40-33-24-18-12-10-11-17-23-32(35(41-30(2)38)25-19-13-6-4-7-14-20-26-35)34(33)36(42-31(3)39)27-21-15-8-5-9-16-22-28-36/h33H,4-28H2,1-3H3/t33-/m1/s1. The Kier molecular flexibility index (Phi) is 14.9. The van der Waals surface area contributed by atoms with Gasteiger partial charge in [-0.05, 0) is 82.6 Å². The summed E-state index contributed by atoms with van der Waals surface area (Å²) in [6, 6.07) is 0. The van der Waals surface area contributed by atoms with Gasteiger partial charge in [-0.25, -0.2) is 0 Å². The summed E-state index contributed by atoms with van der Waals surface area (Å²) < 4.78 is 19.4. The van der Waals surface area contributed by atoms with Crippen LogP contribution < -0.4 is 0 Å². The monoisotopic (exact) mass is 588 g/mol. The highest BCUT2D eigenvalue weighted by Crippen LogP contribution is 2.48. The van der Waals surface area contributed by atoms with Gasteiger partial charge in [-0.15, -0.1) is 0 Å². The lowest BCUT2D eigenvalue weighted by Gasteiger charge is -2.46. The normalized spacial score (nSPS) is 25.4. The molecule has 6 heteroatoms. The van der Waals surface area contributed by atoms with Gasteiger partial charge in [-0.2, -0.15) is 0 Å². The van der Waals surface area contributed by atoms with Crippen LogP contribution in [0.5, 0.6) is 0 Å². The number of rotatable bonds is 5. The molecule has 0 spiro atoms. The van der Waals surface area contributed by atoms with Crippen LogP contribution in [0.4, 0.5) is 0 Å². The molecule has 0 heterocycles.